The number of piperidine rings is 1. The zero-order valence-electron chi connectivity index (χ0n) is 12.6. The van der Waals surface area contributed by atoms with Crippen LogP contribution in [0.3, 0.4) is 0 Å². The quantitative estimate of drug-likeness (QED) is 0.915. The maximum atomic E-state index is 14.0. The van der Waals surface area contributed by atoms with Crippen molar-refractivity contribution >= 4 is 0 Å². The Morgan fingerprint density at radius 1 is 1.32 bits per heavy atom. The predicted octanol–water partition coefficient (Wildman–Crippen LogP) is 2.84. The van der Waals surface area contributed by atoms with Crippen LogP contribution in [0.25, 0.3) is 11.3 Å². The normalized spacial score (nSPS) is 18.4. The van der Waals surface area contributed by atoms with Crippen molar-refractivity contribution in [1.29, 1.82) is 0 Å². The lowest BCUT2D eigenvalue weighted by atomic mass is 9.94. The summed E-state index contributed by atoms with van der Waals surface area (Å²) in [5.74, 6) is 0.00507. The Kier molecular flexibility index (Phi) is 4.34. The molecule has 4 nitrogen and oxygen atoms in total. The molecule has 1 aromatic heterocycles. The van der Waals surface area contributed by atoms with E-state index in [0.29, 0.717) is 17.2 Å². The maximum Gasteiger partial charge on any atom is 0.136 e. The van der Waals surface area contributed by atoms with Gasteiger partial charge in [0.15, 0.2) is 0 Å². The first-order valence-electron chi connectivity index (χ1n) is 7.66. The Labute approximate surface area is 129 Å². The fourth-order valence-corrected chi connectivity index (χ4v) is 2.97. The molecule has 3 rings (SSSR count). The average Bonchev–Trinajstić information content (AvgIpc) is 2.49. The zero-order chi connectivity index (χ0) is 15.5. The first-order chi connectivity index (χ1) is 10.6. The number of rotatable bonds is 3. The number of aryl methyl sites for hydroxylation is 1. The van der Waals surface area contributed by atoms with Gasteiger partial charge in [-0.1, -0.05) is 0 Å². The zero-order valence-corrected chi connectivity index (χ0v) is 12.6. The number of nitrogens with one attached hydrogen (secondary N) is 1. The van der Waals surface area contributed by atoms with Crippen molar-refractivity contribution in [2.75, 3.05) is 13.1 Å². The highest BCUT2D eigenvalue weighted by atomic mass is 19.1. The van der Waals surface area contributed by atoms with E-state index < -0.39 is 5.82 Å². The largest absolute Gasteiger partial charge is 0.507 e. The average molecular weight is 301 g/mol. The molecule has 22 heavy (non-hydrogen) atoms. The molecular formula is C17H20FN3O. The molecule has 1 aliphatic heterocycles. The van der Waals surface area contributed by atoms with Gasteiger partial charge in [-0.2, -0.15) is 10.2 Å². The molecule has 2 aromatic rings. The van der Waals surface area contributed by atoms with E-state index in [9.17, 15) is 9.50 Å². The number of nitrogens with zero attached hydrogens (tertiary/aromatic N) is 2. The van der Waals surface area contributed by atoms with Crippen molar-refractivity contribution < 1.29 is 9.50 Å². The highest BCUT2D eigenvalue weighted by Crippen LogP contribution is 2.31. The number of halogens is 1. The third kappa shape index (κ3) is 3.25. The number of benzene rings is 1. The second kappa shape index (κ2) is 6.40. The second-order valence-corrected chi connectivity index (χ2v) is 5.97. The summed E-state index contributed by atoms with van der Waals surface area (Å²) in [6.45, 7) is 3.84. The molecule has 116 valence electrons. The van der Waals surface area contributed by atoms with Crippen LogP contribution < -0.4 is 5.32 Å². The minimum atomic E-state index is -0.476. The van der Waals surface area contributed by atoms with Crippen LogP contribution in [0.5, 0.6) is 5.75 Å². The lowest BCUT2D eigenvalue weighted by Crippen LogP contribution is -2.31. The van der Waals surface area contributed by atoms with E-state index in [1.807, 2.05) is 6.07 Å². The SMILES string of the molecule is Cc1cc(O)c(-c2ccc(CC3CCCNC3)nn2)c(F)c1. The van der Waals surface area contributed by atoms with Crippen LogP contribution in [0.4, 0.5) is 4.39 Å². The van der Waals surface area contributed by atoms with Gasteiger partial charge in [0, 0.05) is 0 Å². The summed E-state index contributed by atoms with van der Waals surface area (Å²) in [6.07, 6.45) is 3.27. The number of hydrogen-bond acceptors (Lipinski definition) is 4. The van der Waals surface area contributed by atoms with Gasteiger partial charge < -0.3 is 10.4 Å². The van der Waals surface area contributed by atoms with Gasteiger partial charge in [0.1, 0.15) is 11.6 Å². The van der Waals surface area contributed by atoms with Crippen LogP contribution in [0.1, 0.15) is 24.1 Å². The molecule has 1 fully saturated rings. The summed E-state index contributed by atoms with van der Waals surface area (Å²) in [5, 5.41) is 21.6. The van der Waals surface area contributed by atoms with Gasteiger partial charge in [-0.25, -0.2) is 4.39 Å². The van der Waals surface area contributed by atoms with E-state index in [2.05, 4.69) is 15.5 Å². The van der Waals surface area contributed by atoms with Crippen LogP contribution in [-0.4, -0.2) is 28.4 Å². The third-order valence-electron chi connectivity index (χ3n) is 4.09. The Balaban J connectivity index is 1.79. The van der Waals surface area contributed by atoms with Gasteiger partial charge in [-0.15, -0.1) is 0 Å². The summed E-state index contributed by atoms with van der Waals surface area (Å²) in [5.41, 5.74) is 2.06. The number of phenolic OH excluding ortho intramolecular Hbond substituents is 1. The highest BCUT2D eigenvalue weighted by molar-refractivity contribution is 5.67. The molecule has 2 heterocycles. The number of aromatic hydroxyl groups is 1. The maximum absolute atomic E-state index is 14.0. The van der Waals surface area contributed by atoms with Gasteiger partial charge in [0.2, 0.25) is 0 Å². The monoisotopic (exact) mass is 301 g/mol. The van der Waals surface area contributed by atoms with E-state index in [0.717, 1.165) is 25.2 Å². The Morgan fingerprint density at radius 3 is 2.82 bits per heavy atom. The van der Waals surface area contributed by atoms with Crippen molar-refractivity contribution in [1.82, 2.24) is 15.5 Å². The molecule has 0 bridgehead atoms. The van der Waals surface area contributed by atoms with Gasteiger partial charge in [0.25, 0.3) is 0 Å². The summed E-state index contributed by atoms with van der Waals surface area (Å²) in [6, 6.07) is 6.52. The summed E-state index contributed by atoms with van der Waals surface area (Å²) in [4.78, 5) is 0. The van der Waals surface area contributed by atoms with Crippen LogP contribution >= 0.6 is 0 Å². The van der Waals surface area contributed by atoms with E-state index in [4.69, 9.17) is 0 Å². The molecule has 2 N–H and O–H groups in total. The van der Waals surface area contributed by atoms with E-state index in [-0.39, 0.29) is 11.3 Å². The fourth-order valence-electron chi connectivity index (χ4n) is 2.97. The van der Waals surface area contributed by atoms with Crippen molar-refractivity contribution in [2.45, 2.75) is 26.2 Å². The topological polar surface area (TPSA) is 58.0 Å². The summed E-state index contributed by atoms with van der Waals surface area (Å²) < 4.78 is 14.0. The van der Waals surface area contributed by atoms with Crippen LogP contribution in [0.15, 0.2) is 24.3 Å². The molecule has 1 atom stereocenters. The van der Waals surface area contributed by atoms with Gasteiger partial charge in [0.05, 0.1) is 17.0 Å². The Hall–Kier alpha value is -2.01. The standard InChI is InChI=1S/C17H20FN3O/c1-11-7-14(18)17(16(22)8-11)15-5-4-13(20-21-15)9-12-3-2-6-19-10-12/h4-5,7-8,12,19,22H,2-3,6,9-10H2,1H3. The van der Waals surface area contributed by atoms with E-state index >= 15 is 0 Å². The third-order valence-corrected chi connectivity index (χ3v) is 4.09. The van der Waals surface area contributed by atoms with Gasteiger partial charge >= 0.3 is 0 Å². The molecule has 0 saturated carbocycles. The summed E-state index contributed by atoms with van der Waals surface area (Å²) in [7, 11) is 0. The molecule has 1 unspecified atom stereocenters. The van der Waals surface area contributed by atoms with Crippen molar-refractivity contribution in [3.63, 3.8) is 0 Å². The first kappa shape index (κ1) is 14.9. The molecule has 0 aliphatic carbocycles. The molecule has 1 saturated heterocycles. The Bertz CT molecular complexity index is 628. The van der Waals surface area contributed by atoms with Crippen LogP contribution in [0, 0.1) is 18.7 Å². The number of aromatic nitrogens is 2. The molecule has 5 heteroatoms. The molecule has 1 aromatic carbocycles. The summed E-state index contributed by atoms with van der Waals surface area (Å²) >= 11 is 0. The van der Waals surface area contributed by atoms with Crippen molar-refractivity contribution in [3.05, 3.63) is 41.3 Å². The number of phenols is 1. The molecule has 1 aliphatic rings. The fraction of sp³-hybridized carbons (Fsp3) is 0.412. The minimum Gasteiger partial charge on any atom is -0.507 e. The van der Waals surface area contributed by atoms with E-state index in [1.54, 1.807) is 13.0 Å². The second-order valence-electron chi connectivity index (χ2n) is 5.97. The van der Waals surface area contributed by atoms with Crippen LogP contribution in [0.2, 0.25) is 0 Å². The molecular weight excluding hydrogens is 281 g/mol. The highest BCUT2D eigenvalue weighted by Gasteiger charge is 2.16. The lowest BCUT2D eigenvalue weighted by molar-refractivity contribution is 0.373. The van der Waals surface area contributed by atoms with Gasteiger partial charge in [-0.3, -0.25) is 0 Å². The van der Waals surface area contributed by atoms with Crippen molar-refractivity contribution in [2.24, 2.45) is 5.92 Å². The molecule has 0 amide bonds. The lowest BCUT2D eigenvalue weighted by Gasteiger charge is -2.22. The van der Waals surface area contributed by atoms with E-state index in [1.165, 1.54) is 25.0 Å². The molecule has 0 radical (unpaired) electrons. The number of hydrogen-bond donors (Lipinski definition) is 2. The smallest absolute Gasteiger partial charge is 0.136 e. The van der Waals surface area contributed by atoms with Gasteiger partial charge in [-0.05, 0) is 75.0 Å². The Morgan fingerprint density at radius 2 is 2.18 bits per heavy atom. The van der Waals surface area contributed by atoms with Crippen LogP contribution in [-0.2, 0) is 6.42 Å². The molecule has 0 spiro atoms. The van der Waals surface area contributed by atoms with Crippen molar-refractivity contribution in [3.8, 4) is 17.0 Å². The first-order valence-corrected chi connectivity index (χ1v) is 7.66. The minimum absolute atomic E-state index is 0.101. The predicted molar refractivity (Wildman–Crippen MR) is 83.1 cm³/mol.